The first-order chi connectivity index (χ1) is 50.9. The number of ether oxygens (including phenoxy) is 11. The van der Waals surface area contributed by atoms with E-state index < -0.39 is 71.8 Å². The van der Waals surface area contributed by atoms with Crippen molar-refractivity contribution in [1.82, 2.24) is 30.1 Å². The zero-order chi connectivity index (χ0) is 76.1. The van der Waals surface area contributed by atoms with Gasteiger partial charge in [-0.2, -0.15) is 0 Å². The van der Waals surface area contributed by atoms with Gasteiger partial charge in [0, 0.05) is 97.1 Å². The molecule has 4 aliphatic rings. The van der Waals surface area contributed by atoms with Crippen molar-refractivity contribution >= 4 is 69.9 Å². The number of amides is 5. The molecule has 0 radical (unpaired) electrons. The number of nitrogens with zero attached hydrogens (tertiary/aromatic N) is 5. The van der Waals surface area contributed by atoms with Gasteiger partial charge in [-0.15, -0.1) is 0 Å². The highest BCUT2D eigenvalue weighted by molar-refractivity contribution is 6.34. The average molecular weight is 1490 g/mol. The van der Waals surface area contributed by atoms with E-state index in [0.29, 0.717) is 89.6 Å². The molecule has 1 aromatic heterocycles. The number of aryl methyl sites for hydroxylation is 2. The van der Waals surface area contributed by atoms with Crippen molar-refractivity contribution in [2.24, 2.45) is 5.92 Å². The van der Waals surface area contributed by atoms with Crippen LogP contribution in [0.25, 0.3) is 22.0 Å². The number of fused-ring (bicyclic) bond motifs is 9. The van der Waals surface area contributed by atoms with Gasteiger partial charge in [0.15, 0.2) is 5.72 Å². The molecule has 27 heteroatoms. The zero-order valence-electron chi connectivity index (χ0n) is 62.6. The molecule has 9 rings (SSSR count). The minimum Gasteiger partial charge on any atom is -0.457 e. The van der Waals surface area contributed by atoms with E-state index in [1.54, 1.807) is 45.1 Å². The molecule has 1 aliphatic carbocycles. The molecule has 5 amide bonds. The van der Waals surface area contributed by atoms with Crippen LogP contribution in [0.1, 0.15) is 100 Å². The minimum absolute atomic E-state index is 0.0322. The number of hydrogen-bond acceptors (Lipinski definition) is 20. The summed E-state index contributed by atoms with van der Waals surface area (Å²) < 4.78 is 65.6. The Hall–Kier alpha value is -8.12. The largest absolute Gasteiger partial charge is 0.457 e. The van der Waals surface area contributed by atoms with Crippen LogP contribution in [0.4, 0.5) is 15.3 Å². The lowest BCUT2D eigenvalue weighted by Gasteiger charge is -2.42. The monoisotopic (exact) mass is 1490 g/mol. The molecule has 106 heavy (non-hydrogen) atoms. The van der Waals surface area contributed by atoms with Crippen molar-refractivity contribution in [1.29, 1.82) is 0 Å². The van der Waals surface area contributed by atoms with E-state index in [4.69, 9.17) is 63.7 Å². The summed E-state index contributed by atoms with van der Waals surface area (Å²) in [6, 6.07) is 29.2. The Bertz CT molecular complexity index is 3860. The van der Waals surface area contributed by atoms with Gasteiger partial charge in [-0.1, -0.05) is 115 Å². The number of Topliss-reactive ketones (excluding diaryl/α,β-unsaturated/α-hetero) is 1. The Balaban J connectivity index is 0.582. The highest BCUT2D eigenvalue weighted by Gasteiger charge is 2.64. The number of benzene rings is 4. The Morgan fingerprint density at radius 1 is 0.783 bits per heavy atom. The number of epoxide rings is 1. The second kappa shape index (κ2) is 39.1. The molecule has 3 N–H and O–H groups in total. The third-order valence-corrected chi connectivity index (χ3v) is 20.5. The van der Waals surface area contributed by atoms with Crippen molar-refractivity contribution in [3.8, 4) is 11.1 Å². The van der Waals surface area contributed by atoms with Crippen molar-refractivity contribution in [3.63, 3.8) is 0 Å². The quantitative estimate of drug-likeness (QED) is 0.0111. The normalized spacial score (nSPS) is 21.9. The minimum atomic E-state index is -1.86. The first-order valence-electron chi connectivity index (χ1n) is 36.3. The van der Waals surface area contributed by atoms with Crippen LogP contribution in [0.5, 0.6) is 0 Å². The van der Waals surface area contributed by atoms with Crippen LogP contribution in [0, 0.1) is 12.8 Å². The van der Waals surface area contributed by atoms with E-state index in [1.807, 2.05) is 87.6 Å². The van der Waals surface area contributed by atoms with Gasteiger partial charge in [0.2, 0.25) is 17.7 Å². The van der Waals surface area contributed by atoms with E-state index in [9.17, 15) is 38.7 Å². The number of carbonyl (C=O) groups is 7. The summed E-state index contributed by atoms with van der Waals surface area (Å²) >= 11 is 6.85. The molecular weight excluding hydrogens is 1390 g/mol. The molecule has 8 atom stereocenters. The van der Waals surface area contributed by atoms with Crippen LogP contribution in [0.3, 0.4) is 0 Å². The molecule has 0 spiro atoms. The van der Waals surface area contributed by atoms with E-state index in [-0.39, 0.29) is 95.1 Å². The van der Waals surface area contributed by atoms with Crippen LogP contribution in [0.15, 0.2) is 115 Å². The molecule has 26 nitrogen and oxygen atoms in total. The number of halogens is 1. The van der Waals surface area contributed by atoms with E-state index >= 15 is 0 Å². The SMILES string of the molecule is CO[C@@H]1/C=C/C=C(\C)Cc2cc(C)c(Cl)c(c2)N(C)C(=O)C[C@H](OC(=O)[C@H](C)N(C)C(=O)CCOCCOCCOCCOCCOCCOCCNC(=O)CCC(=O)CCn2c(CN(C)N(C)C(=O)OCC3c4ccccc4-c4ccccc43)cc3ccccc32)[C@]2(C)OC2[C@H](C)[C@@H]2C[C@]1(O)NC(=O)O2. The molecule has 4 aromatic carbocycles. The average Bonchev–Trinajstić information content (AvgIpc) is 1.57. The summed E-state index contributed by atoms with van der Waals surface area (Å²) in [5, 5.41) is 21.9. The van der Waals surface area contributed by atoms with Crippen molar-refractivity contribution < 1.29 is 90.8 Å². The number of hydrogen-bond donors (Lipinski definition) is 3. The highest BCUT2D eigenvalue weighted by atomic mass is 35.5. The van der Waals surface area contributed by atoms with Crippen LogP contribution in [0.2, 0.25) is 5.02 Å². The zero-order valence-corrected chi connectivity index (χ0v) is 63.4. The fourth-order valence-corrected chi connectivity index (χ4v) is 13.8. The predicted molar refractivity (Wildman–Crippen MR) is 397 cm³/mol. The maximum atomic E-state index is 14.3. The number of aromatic nitrogens is 1. The number of esters is 1. The molecule has 4 heterocycles. The number of hydrazine groups is 1. The molecule has 2 saturated heterocycles. The number of anilines is 1. The van der Waals surface area contributed by atoms with Crippen molar-refractivity contribution in [2.45, 2.75) is 140 Å². The molecular formula is C79H104ClN7O19. The van der Waals surface area contributed by atoms with Crippen LogP contribution < -0.4 is 15.5 Å². The number of methoxy groups -OCH3 is 1. The number of para-hydroxylation sites is 1. The number of nitrogens with one attached hydrogen (secondary N) is 2. The lowest BCUT2D eigenvalue weighted by Crippen LogP contribution is -2.63. The van der Waals surface area contributed by atoms with Gasteiger partial charge < -0.3 is 76.9 Å². The van der Waals surface area contributed by atoms with Gasteiger partial charge >= 0.3 is 18.2 Å². The standard InChI is InChI=1S/C79H104ClN7O19/c1-52-18-17-25-68(96-10)79(95)49-67(104-76(93)82-79)54(3)74-78(5,106-74)69(48-72(91)85(8)66-46-56(44-52)45-53(2)73(66)80)105-75(92)55(4)84(7)71(90)29-32-97-34-36-99-38-40-101-42-43-102-41-39-100-37-35-98-33-30-81-70(89)27-26-59(88)28-31-87-58(47-57-19-11-16-24-65(57)87)50-83(6)86(9)77(94)103-51-64-62-22-14-12-20-60(62)61-21-13-15-23-63(61)64/h11-25,45-47,54-55,64,67-69,74,95H,26-44,48-51H2,1-10H3,(H,81,89)(H,82,93)/b25-17+,52-18+/t54-,55+,67+,68-,69+,74?,78+,79-/m1/s1. The van der Waals surface area contributed by atoms with E-state index in [2.05, 4.69) is 45.5 Å². The van der Waals surface area contributed by atoms with Crippen LogP contribution in [-0.4, -0.2) is 236 Å². The fourth-order valence-electron chi connectivity index (χ4n) is 13.6. The fraction of sp³-hybridized carbons (Fsp3) is 0.532. The number of ketones is 1. The van der Waals surface area contributed by atoms with Gasteiger partial charge in [0.1, 0.15) is 42.3 Å². The number of carbonyl (C=O) groups excluding carboxylic acids is 7. The Morgan fingerprint density at radius 2 is 1.39 bits per heavy atom. The number of rotatable bonds is 36. The third-order valence-electron chi connectivity index (χ3n) is 20.1. The number of alkyl carbamates (subject to hydrolysis) is 1. The summed E-state index contributed by atoms with van der Waals surface area (Å²) in [6.45, 7) is 13.7. The van der Waals surface area contributed by atoms with E-state index in [0.717, 1.165) is 55.6 Å². The Morgan fingerprint density at radius 3 is 2.03 bits per heavy atom. The van der Waals surface area contributed by atoms with Crippen LogP contribution >= 0.6 is 11.6 Å². The lowest BCUT2D eigenvalue weighted by molar-refractivity contribution is -0.162. The molecule has 0 saturated carbocycles. The van der Waals surface area contributed by atoms with Crippen molar-refractivity contribution in [2.75, 3.05) is 133 Å². The topological polar surface area (TPSA) is 286 Å². The maximum Gasteiger partial charge on any atom is 0.424 e. The van der Waals surface area contributed by atoms with Gasteiger partial charge in [0.25, 0.3) is 0 Å². The second-order valence-electron chi connectivity index (χ2n) is 27.6. The summed E-state index contributed by atoms with van der Waals surface area (Å²) in [5.74, 6) is -2.47. The summed E-state index contributed by atoms with van der Waals surface area (Å²) in [5.41, 5.74) is 6.45. The number of likely N-dealkylation sites (N-methyl/N-ethyl adjacent to an activating group) is 1. The summed E-state index contributed by atoms with van der Waals surface area (Å²) in [7, 11) is 8.03. The first kappa shape index (κ1) is 81.9. The Kier molecular flexibility index (Phi) is 30.2. The molecule has 4 bridgehead atoms. The summed E-state index contributed by atoms with van der Waals surface area (Å²) in [6.07, 6.45) is 0.718. The highest BCUT2D eigenvalue weighted by Crippen LogP contribution is 2.50. The molecule has 576 valence electrons. The van der Waals surface area contributed by atoms with Gasteiger partial charge in [0.05, 0.1) is 115 Å². The van der Waals surface area contributed by atoms with Gasteiger partial charge in [-0.3, -0.25) is 24.5 Å². The smallest absolute Gasteiger partial charge is 0.424 e. The third kappa shape index (κ3) is 21.8. The number of allylic oxidation sites excluding steroid dienone is 3. The predicted octanol–water partition coefficient (Wildman–Crippen LogP) is 9.04. The maximum absolute atomic E-state index is 14.3. The Labute approximate surface area is 625 Å². The molecule has 1 unspecified atom stereocenters. The second-order valence-corrected chi connectivity index (χ2v) is 27.9. The molecule has 2 fully saturated rings. The summed E-state index contributed by atoms with van der Waals surface area (Å²) in [4.78, 5) is 96.7. The van der Waals surface area contributed by atoms with E-state index in [1.165, 1.54) is 35.9 Å². The van der Waals surface area contributed by atoms with Crippen LogP contribution in [-0.2, 0) is 95.6 Å². The van der Waals surface area contributed by atoms with Crippen molar-refractivity contribution in [3.05, 3.63) is 148 Å². The first-order valence-corrected chi connectivity index (χ1v) is 36.7. The molecule has 5 aromatic rings. The lowest BCUT2D eigenvalue weighted by atomic mass is 9.83. The number of aliphatic hydroxyl groups is 1. The molecule has 3 aliphatic heterocycles. The van der Waals surface area contributed by atoms with Gasteiger partial charge in [-0.25, -0.2) is 24.4 Å². The van der Waals surface area contributed by atoms with Gasteiger partial charge in [-0.05, 0) is 91.1 Å².